The molecule has 34 heavy (non-hydrogen) atoms. The molecular weight excluding hydrogens is 457 g/mol. The van der Waals surface area contributed by atoms with Crippen LogP contribution in [-0.4, -0.2) is 38.2 Å². The van der Waals surface area contributed by atoms with Gasteiger partial charge in [0.05, 0.1) is 16.6 Å². The van der Waals surface area contributed by atoms with Crippen LogP contribution in [0.1, 0.15) is 34.8 Å². The first-order valence-electron chi connectivity index (χ1n) is 10.8. The molecular formula is C25H24FN3O4S. The van der Waals surface area contributed by atoms with Gasteiger partial charge in [0.25, 0.3) is 15.9 Å². The topological polar surface area (TPSA) is 95.6 Å². The van der Waals surface area contributed by atoms with Gasteiger partial charge >= 0.3 is 0 Å². The molecule has 1 fully saturated rings. The number of carbonyl (C=O) groups excluding carboxylic acids is 2. The summed E-state index contributed by atoms with van der Waals surface area (Å²) in [5.41, 5.74) is 0.967. The third-order valence-corrected chi connectivity index (χ3v) is 7.01. The van der Waals surface area contributed by atoms with Crippen LogP contribution < -0.4 is 10.0 Å². The van der Waals surface area contributed by atoms with Gasteiger partial charge in [0, 0.05) is 25.1 Å². The lowest BCUT2D eigenvalue weighted by molar-refractivity contribution is -0.128. The van der Waals surface area contributed by atoms with Crippen molar-refractivity contribution in [1.82, 2.24) is 10.2 Å². The van der Waals surface area contributed by atoms with Crippen molar-refractivity contribution in [1.29, 1.82) is 0 Å². The number of anilines is 1. The largest absolute Gasteiger partial charge is 0.343 e. The number of rotatable bonds is 8. The summed E-state index contributed by atoms with van der Waals surface area (Å²) < 4.78 is 41.3. The molecule has 1 atom stereocenters. The highest BCUT2D eigenvalue weighted by atomic mass is 32.2. The van der Waals surface area contributed by atoms with E-state index in [1.807, 2.05) is 30.3 Å². The van der Waals surface area contributed by atoms with Crippen molar-refractivity contribution in [2.75, 3.05) is 17.8 Å². The molecule has 4 rings (SSSR count). The molecule has 3 aromatic rings. The molecule has 3 aromatic carbocycles. The second-order valence-electron chi connectivity index (χ2n) is 7.99. The van der Waals surface area contributed by atoms with E-state index in [9.17, 15) is 22.4 Å². The predicted octanol–water partition coefficient (Wildman–Crippen LogP) is 3.72. The normalized spacial score (nSPS) is 14.6. The second kappa shape index (κ2) is 10.0. The Morgan fingerprint density at radius 3 is 2.29 bits per heavy atom. The van der Waals surface area contributed by atoms with Gasteiger partial charge in [0.2, 0.25) is 5.91 Å². The second-order valence-corrected chi connectivity index (χ2v) is 9.67. The van der Waals surface area contributed by atoms with Crippen LogP contribution in [0.2, 0.25) is 0 Å². The smallest absolute Gasteiger partial charge is 0.261 e. The van der Waals surface area contributed by atoms with E-state index in [1.54, 1.807) is 4.90 Å². The van der Waals surface area contributed by atoms with Gasteiger partial charge in [-0.2, -0.15) is 0 Å². The van der Waals surface area contributed by atoms with E-state index in [4.69, 9.17) is 0 Å². The van der Waals surface area contributed by atoms with Crippen molar-refractivity contribution in [3.63, 3.8) is 0 Å². The van der Waals surface area contributed by atoms with Gasteiger partial charge in [-0.25, -0.2) is 12.8 Å². The average molecular weight is 482 g/mol. The highest BCUT2D eigenvalue weighted by Crippen LogP contribution is 2.21. The molecule has 1 unspecified atom stereocenters. The van der Waals surface area contributed by atoms with Gasteiger partial charge in [0.15, 0.2) is 0 Å². The number of nitrogens with zero attached hydrogens (tertiary/aromatic N) is 1. The summed E-state index contributed by atoms with van der Waals surface area (Å²) >= 11 is 0. The monoisotopic (exact) mass is 481 g/mol. The first-order valence-corrected chi connectivity index (χ1v) is 12.3. The molecule has 0 spiro atoms. The number of amides is 2. The summed E-state index contributed by atoms with van der Waals surface area (Å²) in [6.07, 6.45) is 1.30. The van der Waals surface area contributed by atoms with Gasteiger partial charge in [-0.3, -0.25) is 14.3 Å². The Hall–Kier alpha value is -3.72. The van der Waals surface area contributed by atoms with Crippen molar-refractivity contribution < 1.29 is 22.4 Å². The van der Waals surface area contributed by atoms with Crippen molar-refractivity contribution in [2.24, 2.45) is 0 Å². The summed E-state index contributed by atoms with van der Waals surface area (Å²) in [5, 5.41) is 2.96. The minimum Gasteiger partial charge on any atom is -0.343 e. The molecule has 9 heteroatoms. The van der Waals surface area contributed by atoms with Crippen LogP contribution in [0.3, 0.4) is 0 Å². The first kappa shape index (κ1) is 23.4. The van der Waals surface area contributed by atoms with Crippen molar-refractivity contribution in [3.05, 3.63) is 95.8 Å². The summed E-state index contributed by atoms with van der Waals surface area (Å²) in [4.78, 5) is 26.7. The fourth-order valence-corrected chi connectivity index (χ4v) is 4.88. The van der Waals surface area contributed by atoms with Crippen LogP contribution >= 0.6 is 0 Å². The Labute approximate surface area is 197 Å². The third-order valence-electron chi connectivity index (χ3n) is 5.63. The number of nitrogens with one attached hydrogen (secondary N) is 2. The fourth-order valence-electron chi connectivity index (χ4n) is 3.81. The van der Waals surface area contributed by atoms with Crippen LogP contribution in [0.4, 0.5) is 10.1 Å². The number of benzene rings is 3. The SMILES string of the molecule is O=C(NC(CN1CCCC1=O)c1ccccc1)c1ccc(S(=O)(=O)Nc2ccccc2F)cc1. The van der Waals surface area contributed by atoms with Crippen LogP contribution in [0.15, 0.2) is 83.8 Å². The zero-order valence-corrected chi connectivity index (χ0v) is 19.1. The number of hydrogen-bond acceptors (Lipinski definition) is 4. The summed E-state index contributed by atoms with van der Waals surface area (Å²) in [5.74, 6) is -1.02. The van der Waals surface area contributed by atoms with Gasteiger partial charge < -0.3 is 10.2 Å². The molecule has 0 radical (unpaired) electrons. The molecule has 1 saturated heterocycles. The van der Waals surface area contributed by atoms with Crippen LogP contribution in [0.25, 0.3) is 0 Å². The Balaban J connectivity index is 1.49. The van der Waals surface area contributed by atoms with Crippen LogP contribution in [0.5, 0.6) is 0 Å². The molecule has 0 aliphatic carbocycles. The molecule has 0 bridgehead atoms. The molecule has 0 saturated carbocycles. The van der Waals surface area contributed by atoms with Gasteiger partial charge in [-0.15, -0.1) is 0 Å². The van der Waals surface area contributed by atoms with E-state index >= 15 is 0 Å². The maximum absolute atomic E-state index is 13.8. The van der Waals surface area contributed by atoms with Crippen LogP contribution in [-0.2, 0) is 14.8 Å². The number of carbonyl (C=O) groups is 2. The van der Waals surface area contributed by atoms with Crippen molar-refractivity contribution in [3.8, 4) is 0 Å². The molecule has 1 aliphatic heterocycles. The van der Waals surface area contributed by atoms with E-state index in [-0.39, 0.29) is 22.1 Å². The third kappa shape index (κ3) is 5.43. The fraction of sp³-hybridized carbons (Fsp3) is 0.200. The summed E-state index contributed by atoms with van der Waals surface area (Å²) in [6.45, 7) is 1.01. The molecule has 1 aliphatic rings. The first-order chi connectivity index (χ1) is 16.3. The van der Waals surface area contributed by atoms with E-state index in [0.29, 0.717) is 19.5 Å². The zero-order chi connectivity index (χ0) is 24.1. The highest BCUT2D eigenvalue weighted by molar-refractivity contribution is 7.92. The Morgan fingerprint density at radius 1 is 0.971 bits per heavy atom. The molecule has 0 aromatic heterocycles. The number of halogens is 1. The Morgan fingerprint density at radius 2 is 1.65 bits per heavy atom. The molecule has 176 valence electrons. The number of likely N-dealkylation sites (tertiary alicyclic amines) is 1. The highest BCUT2D eigenvalue weighted by Gasteiger charge is 2.26. The number of para-hydroxylation sites is 1. The minimum atomic E-state index is -4.03. The lowest BCUT2D eigenvalue weighted by atomic mass is 10.1. The van der Waals surface area contributed by atoms with E-state index in [1.165, 1.54) is 42.5 Å². The van der Waals surface area contributed by atoms with E-state index < -0.39 is 27.8 Å². The molecule has 1 heterocycles. The summed E-state index contributed by atoms with van der Waals surface area (Å²) in [6, 6.07) is 19.8. The lowest BCUT2D eigenvalue weighted by Gasteiger charge is -2.25. The van der Waals surface area contributed by atoms with Crippen molar-refractivity contribution in [2.45, 2.75) is 23.8 Å². The lowest BCUT2D eigenvalue weighted by Crippen LogP contribution is -2.38. The number of hydrogen-bond donors (Lipinski definition) is 2. The minimum absolute atomic E-state index is 0.0621. The van der Waals surface area contributed by atoms with Crippen molar-refractivity contribution >= 4 is 27.5 Å². The summed E-state index contributed by atoms with van der Waals surface area (Å²) in [7, 11) is -4.03. The van der Waals surface area contributed by atoms with Gasteiger partial charge in [-0.05, 0) is 48.4 Å². The van der Waals surface area contributed by atoms with Gasteiger partial charge in [-0.1, -0.05) is 42.5 Å². The average Bonchev–Trinajstić information content (AvgIpc) is 3.25. The molecule has 7 nitrogen and oxygen atoms in total. The molecule has 2 N–H and O–H groups in total. The van der Waals surface area contributed by atoms with Crippen LogP contribution in [0, 0.1) is 5.82 Å². The van der Waals surface area contributed by atoms with E-state index in [0.717, 1.165) is 18.1 Å². The van der Waals surface area contributed by atoms with E-state index in [2.05, 4.69) is 10.0 Å². The Bertz CT molecular complexity index is 1280. The molecule has 2 amide bonds. The van der Waals surface area contributed by atoms with Gasteiger partial charge in [0.1, 0.15) is 5.82 Å². The zero-order valence-electron chi connectivity index (χ0n) is 18.3. The quantitative estimate of drug-likeness (QED) is 0.513. The predicted molar refractivity (Wildman–Crippen MR) is 126 cm³/mol. The Kier molecular flexibility index (Phi) is 6.93. The maximum atomic E-state index is 13.8. The standard InChI is InChI=1S/C25H24FN3O4S/c26-21-9-4-5-10-22(21)28-34(32,33)20-14-12-19(13-15-20)25(31)27-23(18-7-2-1-3-8-18)17-29-16-6-11-24(29)30/h1-5,7-10,12-15,23,28H,6,11,16-17H2,(H,27,31). The maximum Gasteiger partial charge on any atom is 0.261 e. The number of sulfonamides is 1.